The third-order valence-electron chi connectivity index (χ3n) is 3.92. The van der Waals surface area contributed by atoms with Gasteiger partial charge in [0.05, 0.1) is 0 Å². The summed E-state index contributed by atoms with van der Waals surface area (Å²) in [5.41, 5.74) is 6.10. The van der Waals surface area contributed by atoms with Crippen LogP contribution in [0.25, 0.3) is 0 Å². The number of rotatable bonds is 6. The van der Waals surface area contributed by atoms with Gasteiger partial charge in [0.25, 0.3) is 0 Å². The van der Waals surface area contributed by atoms with E-state index in [1.54, 1.807) is 0 Å². The SMILES string of the molecule is CCCC(N)CCN1CCCCCC1CC. The van der Waals surface area contributed by atoms with Crippen LogP contribution in [-0.2, 0) is 0 Å². The fraction of sp³-hybridized carbons (Fsp3) is 1.00. The summed E-state index contributed by atoms with van der Waals surface area (Å²) in [6.45, 7) is 7.08. The first kappa shape index (κ1) is 14.0. The summed E-state index contributed by atoms with van der Waals surface area (Å²) < 4.78 is 0. The largest absolute Gasteiger partial charge is 0.328 e. The van der Waals surface area contributed by atoms with Gasteiger partial charge in [-0.1, -0.05) is 33.1 Å². The standard InChI is InChI=1S/C14H30N2/c1-3-8-13(15)10-12-16-11-7-5-6-9-14(16)4-2/h13-14H,3-12,15H2,1-2H3. The molecule has 0 spiro atoms. The zero-order chi connectivity index (χ0) is 11.8. The third kappa shape index (κ3) is 4.84. The summed E-state index contributed by atoms with van der Waals surface area (Å²) in [7, 11) is 0. The Morgan fingerprint density at radius 2 is 2.00 bits per heavy atom. The highest BCUT2D eigenvalue weighted by Crippen LogP contribution is 2.19. The van der Waals surface area contributed by atoms with Crippen molar-refractivity contribution in [2.45, 2.75) is 77.3 Å². The molecule has 2 N–H and O–H groups in total. The normalized spacial score (nSPS) is 25.3. The monoisotopic (exact) mass is 226 g/mol. The maximum atomic E-state index is 6.10. The molecule has 1 heterocycles. The first-order valence-electron chi connectivity index (χ1n) is 7.27. The van der Waals surface area contributed by atoms with Crippen LogP contribution >= 0.6 is 0 Å². The molecule has 2 heteroatoms. The summed E-state index contributed by atoms with van der Waals surface area (Å²) in [5.74, 6) is 0. The molecule has 16 heavy (non-hydrogen) atoms. The maximum absolute atomic E-state index is 6.10. The quantitative estimate of drug-likeness (QED) is 0.754. The van der Waals surface area contributed by atoms with Gasteiger partial charge in [-0.25, -0.2) is 0 Å². The second-order valence-corrected chi connectivity index (χ2v) is 5.28. The minimum Gasteiger partial charge on any atom is -0.328 e. The maximum Gasteiger partial charge on any atom is 0.00926 e. The minimum absolute atomic E-state index is 0.422. The van der Waals surface area contributed by atoms with E-state index in [2.05, 4.69) is 18.7 Å². The molecule has 0 radical (unpaired) electrons. The van der Waals surface area contributed by atoms with Crippen molar-refractivity contribution in [3.05, 3.63) is 0 Å². The van der Waals surface area contributed by atoms with Crippen LogP contribution in [0.3, 0.4) is 0 Å². The molecular formula is C14H30N2. The molecule has 96 valence electrons. The van der Waals surface area contributed by atoms with E-state index >= 15 is 0 Å². The first-order chi connectivity index (χ1) is 7.77. The molecule has 0 aromatic heterocycles. The van der Waals surface area contributed by atoms with Crippen molar-refractivity contribution in [1.29, 1.82) is 0 Å². The van der Waals surface area contributed by atoms with Gasteiger partial charge in [0.1, 0.15) is 0 Å². The fourth-order valence-electron chi connectivity index (χ4n) is 2.84. The van der Waals surface area contributed by atoms with E-state index in [9.17, 15) is 0 Å². The Hall–Kier alpha value is -0.0800. The highest BCUT2D eigenvalue weighted by atomic mass is 15.2. The van der Waals surface area contributed by atoms with E-state index in [-0.39, 0.29) is 0 Å². The summed E-state index contributed by atoms with van der Waals surface area (Å²) in [6.07, 6.45) is 10.5. The van der Waals surface area contributed by atoms with Gasteiger partial charge in [-0.3, -0.25) is 0 Å². The van der Waals surface area contributed by atoms with Gasteiger partial charge in [-0.05, 0) is 45.2 Å². The number of likely N-dealkylation sites (tertiary alicyclic amines) is 1. The minimum atomic E-state index is 0.422. The van der Waals surface area contributed by atoms with Crippen molar-refractivity contribution >= 4 is 0 Å². The second-order valence-electron chi connectivity index (χ2n) is 5.28. The van der Waals surface area contributed by atoms with Crippen LogP contribution in [0.1, 0.15) is 65.2 Å². The third-order valence-corrected chi connectivity index (χ3v) is 3.92. The zero-order valence-electron chi connectivity index (χ0n) is 11.3. The van der Waals surface area contributed by atoms with Gasteiger partial charge in [0.2, 0.25) is 0 Å². The molecule has 1 rings (SSSR count). The molecular weight excluding hydrogens is 196 g/mol. The molecule has 0 aliphatic carbocycles. The summed E-state index contributed by atoms with van der Waals surface area (Å²) in [4.78, 5) is 2.70. The van der Waals surface area contributed by atoms with E-state index < -0.39 is 0 Å². The molecule has 1 aliphatic heterocycles. The van der Waals surface area contributed by atoms with Crippen LogP contribution < -0.4 is 5.73 Å². The number of hydrogen-bond acceptors (Lipinski definition) is 2. The molecule has 2 unspecified atom stereocenters. The molecule has 2 atom stereocenters. The van der Waals surface area contributed by atoms with E-state index in [1.165, 1.54) is 64.5 Å². The fourth-order valence-corrected chi connectivity index (χ4v) is 2.84. The molecule has 0 saturated carbocycles. The molecule has 1 aliphatic rings. The molecule has 0 aromatic carbocycles. The van der Waals surface area contributed by atoms with Crippen molar-refractivity contribution in [3.63, 3.8) is 0 Å². The van der Waals surface area contributed by atoms with E-state index in [0.29, 0.717) is 6.04 Å². The number of nitrogens with zero attached hydrogens (tertiary/aromatic N) is 1. The Balaban J connectivity index is 2.30. The molecule has 0 bridgehead atoms. The van der Waals surface area contributed by atoms with Gasteiger partial charge in [-0.15, -0.1) is 0 Å². The van der Waals surface area contributed by atoms with Gasteiger partial charge in [0, 0.05) is 12.1 Å². The molecule has 0 aromatic rings. The predicted octanol–water partition coefficient (Wildman–Crippen LogP) is 3.16. The van der Waals surface area contributed by atoms with Gasteiger partial charge >= 0.3 is 0 Å². The van der Waals surface area contributed by atoms with E-state index in [0.717, 1.165) is 6.04 Å². The zero-order valence-corrected chi connectivity index (χ0v) is 11.3. The van der Waals surface area contributed by atoms with Gasteiger partial charge < -0.3 is 10.6 Å². The lowest BCUT2D eigenvalue weighted by molar-refractivity contribution is 0.187. The topological polar surface area (TPSA) is 29.3 Å². The van der Waals surface area contributed by atoms with Crippen LogP contribution in [0, 0.1) is 0 Å². The van der Waals surface area contributed by atoms with Gasteiger partial charge in [-0.2, -0.15) is 0 Å². The van der Waals surface area contributed by atoms with Crippen molar-refractivity contribution in [3.8, 4) is 0 Å². The Kier molecular flexibility index (Phi) is 7.06. The van der Waals surface area contributed by atoms with Crippen LogP contribution in [0.5, 0.6) is 0 Å². The summed E-state index contributed by atoms with van der Waals surface area (Å²) >= 11 is 0. The van der Waals surface area contributed by atoms with Crippen molar-refractivity contribution in [2.24, 2.45) is 5.73 Å². The molecule has 2 nitrogen and oxygen atoms in total. The Bertz CT molecular complexity index is 170. The van der Waals surface area contributed by atoms with Gasteiger partial charge in [0.15, 0.2) is 0 Å². The molecule has 1 saturated heterocycles. The highest BCUT2D eigenvalue weighted by Gasteiger charge is 2.19. The number of hydrogen-bond donors (Lipinski definition) is 1. The van der Waals surface area contributed by atoms with Crippen LogP contribution in [0.15, 0.2) is 0 Å². The first-order valence-corrected chi connectivity index (χ1v) is 7.27. The summed E-state index contributed by atoms with van der Waals surface area (Å²) in [5, 5.41) is 0. The van der Waals surface area contributed by atoms with Crippen LogP contribution in [-0.4, -0.2) is 30.1 Å². The van der Waals surface area contributed by atoms with Crippen LogP contribution in [0.2, 0.25) is 0 Å². The average Bonchev–Trinajstić information content (AvgIpc) is 2.51. The molecule has 1 fully saturated rings. The number of nitrogens with two attached hydrogens (primary N) is 1. The second kappa shape index (κ2) is 8.08. The van der Waals surface area contributed by atoms with E-state index in [4.69, 9.17) is 5.73 Å². The Labute approximate surface area is 102 Å². The lowest BCUT2D eigenvalue weighted by Gasteiger charge is -2.30. The van der Waals surface area contributed by atoms with Crippen molar-refractivity contribution in [2.75, 3.05) is 13.1 Å². The lowest BCUT2D eigenvalue weighted by Crippen LogP contribution is -2.37. The van der Waals surface area contributed by atoms with Crippen molar-refractivity contribution < 1.29 is 0 Å². The predicted molar refractivity (Wildman–Crippen MR) is 71.6 cm³/mol. The Morgan fingerprint density at radius 1 is 1.19 bits per heavy atom. The van der Waals surface area contributed by atoms with Crippen LogP contribution in [0.4, 0.5) is 0 Å². The summed E-state index contributed by atoms with van der Waals surface area (Å²) in [6, 6.07) is 1.25. The lowest BCUT2D eigenvalue weighted by atomic mass is 10.1. The molecule has 0 amide bonds. The Morgan fingerprint density at radius 3 is 2.69 bits per heavy atom. The highest BCUT2D eigenvalue weighted by molar-refractivity contribution is 4.75. The average molecular weight is 226 g/mol. The van der Waals surface area contributed by atoms with E-state index in [1.807, 2.05) is 0 Å². The smallest absolute Gasteiger partial charge is 0.00926 e. The van der Waals surface area contributed by atoms with Crippen molar-refractivity contribution in [1.82, 2.24) is 4.90 Å².